The van der Waals surface area contributed by atoms with Gasteiger partial charge in [0.2, 0.25) is 0 Å². The second-order valence-electron chi connectivity index (χ2n) is 6.17. The van der Waals surface area contributed by atoms with Crippen molar-refractivity contribution in [3.05, 3.63) is 24.2 Å². The highest BCUT2D eigenvalue weighted by atomic mass is 16.3. The van der Waals surface area contributed by atoms with Gasteiger partial charge < -0.3 is 9.73 Å². The Morgan fingerprint density at radius 2 is 2.00 bits per heavy atom. The van der Waals surface area contributed by atoms with Gasteiger partial charge in [0.05, 0.1) is 12.5 Å². The maximum absolute atomic E-state index is 5.28. The lowest BCUT2D eigenvalue weighted by Crippen LogP contribution is -2.33. The maximum atomic E-state index is 5.28. The molecule has 1 aromatic heterocycles. The van der Waals surface area contributed by atoms with Gasteiger partial charge >= 0.3 is 0 Å². The number of rotatable bonds is 5. The van der Waals surface area contributed by atoms with Crippen LogP contribution >= 0.6 is 0 Å². The molecule has 1 saturated carbocycles. The molecule has 0 aromatic carbocycles. The van der Waals surface area contributed by atoms with Gasteiger partial charge in [-0.05, 0) is 56.0 Å². The number of furan rings is 1. The van der Waals surface area contributed by atoms with E-state index in [1.54, 1.807) is 6.26 Å². The Balaban J connectivity index is 2.07. The topological polar surface area (TPSA) is 25.2 Å². The molecule has 1 aromatic rings. The zero-order valence-electron chi connectivity index (χ0n) is 12.0. The van der Waals surface area contributed by atoms with Crippen LogP contribution in [-0.4, -0.2) is 6.54 Å². The van der Waals surface area contributed by atoms with Gasteiger partial charge in [-0.1, -0.05) is 20.8 Å². The highest BCUT2D eigenvalue weighted by Gasteiger charge is 2.30. The average molecular weight is 249 g/mol. The first kappa shape index (κ1) is 13.7. The van der Waals surface area contributed by atoms with Crippen LogP contribution in [-0.2, 0) is 0 Å². The van der Waals surface area contributed by atoms with E-state index in [2.05, 4.69) is 32.2 Å². The fourth-order valence-corrected chi connectivity index (χ4v) is 3.59. The third-order valence-corrected chi connectivity index (χ3v) is 4.20. The largest absolute Gasteiger partial charge is 0.472 e. The van der Waals surface area contributed by atoms with E-state index in [0.717, 1.165) is 24.3 Å². The molecule has 0 radical (unpaired) electrons. The highest BCUT2D eigenvalue weighted by molar-refractivity contribution is 5.13. The van der Waals surface area contributed by atoms with Crippen molar-refractivity contribution in [1.29, 1.82) is 0 Å². The smallest absolute Gasteiger partial charge is 0.0950 e. The molecule has 102 valence electrons. The molecule has 1 heterocycles. The van der Waals surface area contributed by atoms with Crippen molar-refractivity contribution in [2.24, 2.45) is 17.8 Å². The quantitative estimate of drug-likeness (QED) is 0.837. The third-order valence-electron chi connectivity index (χ3n) is 4.20. The van der Waals surface area contributed by atoms with E-state index in [9.17, 15) is 0 Å². The fourth-order valence-electron chi connectivity index (χ4n) is 3.59. The van der Waals surface area contributed by atoms with E-state index < -0.39 is 0 Å². The molecule has 18 heavy (non-hydrogen) atoms. The summed E-state index contributed by atoms with van der Waals surface area (Å²) in [5, 5.41) is 3.72. The van der Waals surface area contributed by atoms with Crippen molar-refractivity contribution < 1.29 is 4.42 Å². The minimum atomic E-state index is 0.480. The van der Waals surface area contributed by atoms with Crippen molar-refractivity contribution in [3.63, 3.8) is 0 Å². The molecule has 2 nitrogen and oxygen atoms in total. The standard InChI is InChI=1S/C16H27NO/c1-4-6-17-16(14-5-7-18-11-14)15-9-12(2)8-13(3)10-15/h5,7,11-13,15-17H,4,6,8-10H2,1-3H3. The van der Waals surface area contributed by atoms with Gasteiger partial charge in [-0.15, -0.1) is 0 Å². The van der Waals surface area contributed by atoms with Crippen LogP contribution in [0.2, 0.25) is 0 Å². The van der Waals surface area contributed by atoms with Crippen LogP contribution in [0.1, 0.15) is 58.1 Å². The summed E-state index contributed by atoms with van der Waals surface area (Å²) in [4.78, 5) is 0. The summed E-state index contributed by atoms with van der Waals surface area (Å²) in [5.74, 6) is 2.47. The first-order chi connectivity index (χ1) is 8.70. The first-order valence-corrected chi connectivity index (χ1v) is 7.46. The van der Waals surface area contributed by atoms with E-state index in [0.29, 0.717) is 6.04 Å². The molecule has 3 atom stereocenters. The Kier molecular flexibility index (Phi) is 4.87. The van der Waals surface area contributed by atoms with Gasteiger partial charge in [0.25, 0.3) is 0 Å². The Morgan fingerprint density at radius 3 is 2.56 bits per heavy atom. The Labute approximate surface area is 111 Å². The zero-order valence-corrected chi connectivity index (χ0v) is 12.0. The van der Waals surface area contributed by atoms with Crippen molar-refractivity contribution >= 4 is 0 Å². The molecule has 0 spiro atoms. The fraction of sp³-hybridized carbons (Fsp3) is 0.750. The predicted octanol–water partition coefficient (Wildman–Crippen LogP) is 4.39. The van der Waals surface area contributed by atoms with Crippen molar-refractivity contribution in [3.8, 4) is 0 Å². The molecule has 2 rings (SSSR count). The van der Waals surface area contributed by atoms with Gasteiger partial charge in [-0.2, -0.15) is 0 Å². The van der Waals surface area contributed by atoms with Gasteiger partial charge in [0.1, 0.15) is 0 Å². The Morgan fingerprint density at radius 1 is 1.28 bits per heavy atom. The van der Waals surface area contributed by atoms with E-state index in [1.807, 2.05) is 6.26 Å². The summed E-state index contributed by atoms with van der Waals surface area (Å²) in [7, 11) is 0. The Hall–Kier alpha value is -0.760. The van der Waals surface area contributed by atoms with Gasteiger partial charge in [-0.25, -0.2) is 0 Å². The highest BCUT2D eigenvalue weighted by Crippen LogP contribution is 2.39. The summed E-state index contributed by atoms with van der Waals surface area (Å²) in [6, 6.07) is 2.60. The second-order valence-corrected chi connectivity index (χ2v) is 6.17. The lowest BCUT2D eigenvalue weighted by Gasteiger charge is -2.36. The van der Waals surface area contributed by atoms with Crippen LogP contribution in [0, 0.1) is 17.8 Å². The molecule has 0 saturated heterocycles. The van der Waals surface area contributed by atoms with E-state index in [-0.39, 0.29) is 0 Å². The average Bonchev–Trinajstić information content (AvgIpc) is 2.82. The van der Waals surface area contributed by atoms with E-state index >= 15 is 0 Å². The molecule has 0 bridgehead atoms. The molecule has 3 unspecified atom stereocenters. The summed E-state index contributed by atoms with van der Waals surface area (Å²) in [6.07, 6.45) is 8.98. The van der Waals surface area contributed by atoms with Crippen LogP contribution in [0.5, 0.6) is 0 Å². The van der Waals surface area contributed by atoms with Crippen LogP contribution in [0.3, 0.4) is 0 Å². The van der Waals surface area contributed by atoms with Gasteiger partial charge in [-0.3, -0.25) is 0 Å². The minimum absolute atomic E-state index is 0.480. The number of hydrogen-bond donors (Lipinski definition) is 1. The number of hydrogen-bond acceptors (Lipinski definition) is 2. The Bertz CT molecular complexity index is 323. The molecule has 1 aliphatic rings. The molecule has 0 amide bonds. The molecule has 1 fully saturated rings. The van der Waals surface area contributed by atoms with Crippen LogP contribution in [0.25, 0.3) is 0 Å². The summed E-state index contributed by atoms with van der Waals surface area (Å²) in [6.45, 7) is 8.12. The summed E-state index contributed by atoms with van der Waals surface area (Å²) < 4.78 is 5.28. The third kappa shape index (κ3) is 3.38. The van der Waals surface area contributed by atoms with E-state index in [1.165, 1.54) is 31.2 Å². The van der Waals surface area contributed by atoms with Crippen molar-refractivity contribution in [2.45, 2.75) is 52.5 Å². The molecule has 1 aliphatic carbocycles. The van der Waals surface area contributed by atoms with E-state index in [4.69, 9.17) is 4.42 Å². The SMILES string of the molecule is CCCNC(c1ccoc1)C1CC(C)CC(C)C1. The molecule has 0 aliphatic heterocycles. The normalized spacial score (nSPS) is 30.3. The summed E-state index contributed by atoms with van der Waals surface area (Å²) in [5.41, 5.74) is 1.33. The lowest BCUT2D eigenvalue weighted by molar-refractivity contribution is 0.176. The van der Waals surface area contributed by atoms with Crippen molar-refractivity contribution in [2.75, 3.05) is 6.54 Å². The van der Waals surface area contributed by atoms with Crippen molar-refractivity contribution in [1.82, 2.24) is 5.32 Å². The first-order valence-electron chi connectivity index (χ1n) is 7.46. The lowest BCUT2D eigenvalue weighted by atomic mass is 9.72. The molecular weight excluding hydrogens is 222 g/mol. The molecule has 2 heteroatoms. The predicted molar refractivity (Wildman–Crippen MR) is 75.4 cm³/mol. The minimum Gasteiger partial charge on any atom is -0.472 e. The number of nitrogens with one attached hydrogen (secondary N) is 1. The summed E-state index contributed by atoms with van der Waals surface area (Å²) >= 11 is 0. The molecule has 1 N–H and O–H groups in total. The van der Waals surface area contributed by atoms with Gasteiger partial charge in [0, 0.05) is 11.6 Å². The maximum Gasteiger partial charge on any atom is 0.0950 e. The van der Waals surface area contributed by atoms with Crippen LogP contribution in [0.4, 0.5) is 0 Å². The van der Waals surface area contributed by atoms with Crippen LogP contribution < -0.4 is 5.32 Å². The monoisotopic (exact) mass is 249 g/mol. The molecular formula is C16H27NO. The van der Waals surface area contributed by atoms with Crippen LogP contribution in [0.15, 0.2) is 23.0 Å². The van der Waals surface area contributed by atoms with Gasteiger partial charge in [0.15, 0.2) is 0 Å². The second kappa shape index (κ2) is 6.42. The zero-order chi connectivity index (χ0) is 13.0.